The van der Waals surface area contributed by atoms with Crippen molar-refractivity contribution in [1.29, 1.82) is 0 Å². The van der Waals surface area contributed by atoms with Crippen LogP contribution in [0.4, 0.5) is 0 Å². The Morgan fingerprint density at radius 1 is 1.56 bits per heavy atom. The SMILES string of the molecule is CCCCOC(=O)CNCC1CCCN1C. The molecule has 0 radical (unpaired) electrons. The molecule has 4 heteroatoms. The summed E-state index contributed by atoms with van der Waals surface area (Å²) in [4.78, 5) is 13.6. The normalized spacial score (nSPS) is 21.2. The molecule has 0 bridgehead atoms. The zero-order chi connectivity index (χ0) is 11.8. The average Bonchev–Trinajstić information content (AvgIpc) is 2.65. The van der Waals surface area contributed by atoms with Crippen molar-refractivity contribution in [1.82, 2.24) is 10.2 Å². The van der Waals surface area contributed by atoms with Gasteiger partial charge in [0.05, 0.1) is 13.2 Å². The summed E-state index contributed by atoms with van der Waals surface area (Å²) in [5.74, 6) is -0.130. The first-order chi connectivity index (χ1) is 7.74. The second-order valence-electron chi connectivity index (χ2n) is 4.48. The first-order valence-corrected chi connectivity index (χ1v) is 6.30. The molecule has 1 fully saturated rings. The number of carbonyl (C=O) groups is 1. The number of hydrogen-bond acceptors (Lipinski definition) is 4. The highest BCUT2D eigenvalue weighted by Gasteiger charge is 2.20. The van der Waals surface area contributed by atoms with E-state index >= 15 is 0 Å². The Bertz CT molecular complexity index is 209. The number of hydrogen-bond donors (Lipinski definition) is 1. The van der Waals surface area contributed by atoms with E-state index in [1.807, 2.05) is 0 Å². The van der Waals surface area contributed by atoms with Crippen LogP contribution < -0.4 is 5.32 Å². The zero-order valence-electron chi connectivity index (χ0n) is 10.5. The number of rotatable bonds is 7. The fraction of sp³-hybridized carbons (Fsp3) is 0.917. The van der Waals surface area contributed by atoms with Gasteiger partial charge in [0.15, 0.2) is 0 Å². The smallest absolute Gasteiger partial charge is 0.319 e. The van der Waals surface area contributed by atoms with Gasteiger partial charge in [-0.2, -0.15) is 0 Å². The summed E-state index contributed by atoms with van der Waals surface area (Å²) >= 11 is 0. The lowest BCUT2D eigenvalue weighted by atomic mass is 10.2. The molecule has 94 valence electrons. The summed E-state index contributed by atoms with van der Waals surface area (Å²) in [7, 11) is 2.14. The largest absolute Gasteiger partial charge is 0.465 e. The molecule has 1 rings (SSSR count). The topological polar surface area (TPSA) is 41.6 Å². The third-order valence-electron chi connectivity index (χ3n) is 3.08. The Labute approximate surface area is 98.3 Å². The van der Waals surface area contributed by atoms with Crippen LogP contribution in [0.3, 0.4) is 0 Å². The molecular weight excluding hydrogens is 204 g/mol. The minimum absolute atomic E-state index is 0.130. The fourth-order valence-electron chi connectivity index (χ4n) is 1.96. The molecule has 1 aliphatic heterocycles. The number of nitrogens with zero attached hydrogens (tertiary/aromatic N) is 1. The number of nitrogens with one attached hydrogen (secondary N) is 1. The van der Waals surface area contributed by atoms with Gasteiger partial charge >= 0.3 is 5.97 Å². The maximum atomic E-state index is 11.3. The Morgan fingerprint density at radius 3 is 3.00 bits per heavy atom. The van der Waals surface area contributed by atoms with Crippen molar-refractivity contribution in [2.75, 3.05) is 33.3 Å². The van der Waals surface area contributed by atoms with E-state index in [1.165, 1.54) is 19.4 Å². The number of ether oxygens (including phenoxy) is 1. The van der Waals surface area contributed by atoms with Crippen molar-refractivity contribution in [3.8, 4) is 0 Å². The molecule has 0 saturated carbocycles. The molecule has 16 heavy (non-hydrogen) atoms. The molecule has 1 saturated heterocycles. The van der Waals surface area contributed by atoms with E-state index in [1.54, 1.807) is 0 Å². The molecule has 1 heterocycles. The molecule has 0 amide bonds. The average molecular weight is 228 g/mol. The maximum absolute atomic E-state index is 11.3. The van der Waals surface area contributed by atoms with Crippen LogP contribution >= 0.6 is 0 Å². The van der Waals surface area contributed by atoms with Gasteiger partial charge in [0, 0.05) is 12.6 Å². The van der Waals surface area contributed by atoms with Crippen molar-refractivity contribution in [2.24, 2.45) is 0 Å². The number of unbranched alkanes of at least 4 members (excludes halogenated alkanes) is 1. The van der Waals surface area contributed by atoms with Crippen LogP contribution in [0.5, 0.6) is 0 Å². The summed E-state index contributed by atoms with van der Waals surface area (Å²) in [6.45, 7) is 5.04. The lowest BCUT2D eigenvalue weighted by Crippen LogP contribution is -2.37. The molecule has 1 unspecified atom stereocenters. The van der Waals surface area contributed by atoms with Gasteiger partial charge in [0.1, 0.15) is 0 Å². The molecule has 0 aliphatic carbocycles. The van der Waals surface area contributed by atoms with Gasteiger partial charge in [-0.3, -0.25) is 4.79 Å². The molecule has 0 spiro atoms. The van der Waals surface area contributed by atoms with Gasteiger partial charge in [-0.25, -0.2) is 0 Å². The standard InChI is InChI=1S/C12H24N2O2/c1-3-4-8-16-12(15)10-13-9-11-6-5-7-14(11)2/h11,13H,3-10H2,1-2H3. The van der Waals surface area contributed by atoms with Crippen LogP contribution in [0.2, 0.25) is 0 Å². The fourth-order valence-corrected chi connectivity index (χ4v) is 1.96. The molecular formula is C12H24N2O2. The molecule has 1 atom stereocenters. The van der Waals surface area contributed by atoms with Crippen LogP contribution in [0.1, 0.15) is 32.6 Å². The number of likely N-dealkylation sites (N-methyl/N-ethyl adjacent to an activating group) is 1. The Balaban J connectivity index is 1.99. The third kappa shape index (κ3) is 4.94. The molecule has 0 aromatic heterocycles. The van der Waals surface area contributed by atoms with Gasteiger partial charge in [0.2, 0.25) is 0 Å². The van der Waals surface area contributed by atoms with Crippen molar-refractivity contribution in [3.63, 3.8) is 0 Å². The first-order valence-electron chi connectivity index (χ1n) is 6.30. The minimum atomic E-state index is -0.130. The Kier molecular flexibility index (Phi) is 6.42. The zero-order valence-corrected chi connectivity index (χ0v) is 10.5. The maximum Gasteiger partial charge on any atom is 0.319 e. The van der Waals surface area contributed by atoms with Gasteiger partial charge < -0.3 is 15.0 Å². The van der Waals surface area contributed by atoms with Gasteiger partial charge in [-0.1, -0.05) is 13.3 Å². The molecule has 4 nitrogen and oxygen atoms in total. The molecule has 1 N–H and O–H groups in total. The summed E-state index contributed by atoms with van der Waals surface area (Å²) < 4.78 is 5.06. The predicted octanol–water partition coefficient (Wildman–Crippen LogP) is 1.01. The van der Waals surface area contributed by atoms with Crippen LogP contribution in [0.15, 0.2) is 0 Å². The van der Waals surface area contributed by atoms with E-state index in [9.17, 15) is 4.79 Å². The van der Waals surface area contributed by atoms with Crippen molar-refractivity contribution >= 4 is 5.97 Å². The summed E-state index contributed by atoms with van der Waals surface area (Å²) in [5, 5.41) is 3.17. The van der Waals surface area contributed by atoms with Gasteiger partial charge in [-0.05, 0) is 32.9 Å². The van der Waals surface area contributed by atoms with E-state index in [0.29, 0.717) is 19.2 Å². The summed E-state index contributed by atoms with van der Waals surface area (Å²) in [5.41, 5.74) is 0. The highest BCUT2D eigenvalue weighted by atomic mass is 16.5. The van der Waals surface area contributed by atoms with E-state index < -0.39 is 0 Å². The third-order valence-corrected chi connectivity index (χ3v) is 3.08. The number of esters is 1. The number of carbonyl (C=O) groups excluding carboxylic acids is 1. The Morgan fingerprint density at radius 2 is 2.38 bits per heavy atom. The van der Waals surface area contributed by atoms with Crippen LogP contribution in [0, 0.1) is 0 Å². The van der Waals surface area contributed by atoms with E-state index in [4.69, 9.17) is 4.74 Å². The van der Waals surface area contributed by atoms with Crippen LogP contribution in [-0.2, 0) is 9.53 Å². The Hall–Kier alpha value is -0.610. The second-order valence-corrected chi connectivity index (χ2v) is 4.48. The van der Waals surface area contributed by atoms with E-state index in [2.05, 4.69) is 24.2 Å². The molecule has 1 aliphatic rings. The molecule has 0 aromatic rings. The highest BCUT2D eigenvalue weighted by molar-refractivity contribution is 5.71. The van der Waals surface area contributed by atoms with Crippen LogP contribution in [-0.4, -0.2) is 50.2 Å². The van der Waals surface area contributed by atoms with Crippen molar-refractivity contribution < 1.29 is 9.53 Å². The first kappa shape index (κ1) is 13.5. The van der Waals surface area contributed by atoms with E-state index in [-0.39, 0.29) is 5.97 Å². The lowest BCUT2D eigenvalue weighted by Gasteiger charge is -2.19. The summed E-state index contributed by atoms with van der Waals surface area (Å²) in [6.07, 6.45) is 4.52. The lowest BCUT2D eigenvalue weighted by molar-refractivity contribution is -0.142. The second kappa shape index (κ2) is 7.63. The number of likely N-dealkylation sites (tertiary alicyclic amines) is 1. The molecule has 0 aromatic carbocycles. The van der Waals surface area contributed by atoms with Crippen molar-refractivity contribution in [3.05, 3.63) is 0 Å². The van der Waals surface area contributed by atoms with Crippen LogP contribution in [0.25, 0.3) is 0 Å². The van der Waals surface area contributed by atoms with Gasteiger partial charge in [0.25, 0.3) is 0 Å². The predicted molar refractivity (Wildman–Crippen MR) is 64.4 cm³/mol. The highest BCUT2D eigenvalue weighted by Crippen LogP contribution is 2.13. The van der Waals surface area contributed by atoms with Gasteiger partial charge in [-0.15, -0.1) is 0 Å². The quantitative estimate of drug-likeness (QED) is 0.522. The monoisotopic (exact) mass is 228 g/mol. The summed E-state index contributed by atoms with van der Waals surface area (Å²) in [6, 6.07) is 0.587. The van der Waals surface area contributed by atoms with E-state index in [0.717, 1.165) is 19.4 Å². The minimum Gasteiger partial charge on any atom is -0.465 e. The van der Waals surface area contributed by atoms with Crippen molar-refractivity contribution in [2.45, 2.75) is 38.6 Å².